The number of aromatic nitrogens is 1. The Labute approximate surface area is 249 Å². The molecule has 43 heavy (non-hydrogen) atoms. The van der Waals surface area contributed by atoms with Crippen molar-refractivity contribution >= 4 is 35.0 Å². The lowest BCUT2D eigenvalue weighted by Crippen LogP contribution is -2.50. The maximum Gasteiger partial charge on any atom is 0.338 e. The van der Waals surface area contributed by atoms with Crippen LogP contribution in [0.15, 0.2) is 46.0 Å². The highest BCUT2D eigenvalue weighted by Crippen LogP contribution is 2.47. The number of carboxylic acid groups (broad SMARTS) is 1. The van der Waals surface area contributed by atoms with Gasteiger partial charge in [-0.25, -0.2) is 22.9 Å². The van der Waals surface area contributed by atoms with E-state index in [1.165, 1.54) is 33.3 Å². The van der Waals surface area contributed by atoms with E-state index in [-0.39, 0.29) is 49.4 Å². The third kappa shape index (κ3) is 5.09. The summed E-state index contributed by atoms with van der Waals surface area (Å²) < 4.78 is 51.0. The molecule has 3 atom stereocenters. The molecular weight excluding hydrogens is 587 g/mol. The number of aliphatic carboxylic acids is 1. The minimum absolute atomic E-state index is 0.0258. The zero-order valence-corrected chi connectivity index (χ0v) is 24.2. The third-order valence-electron chi connectivity index (χ3n) is 8.78. The lowest BCUT2D eigenvalue weighted by atomic mass is 9.79. The van der Waals surface area contributed by atoms with Crippen molar-refractivity contribution in [1.29, 1.82) is 0 Å². The van der Waals surface area contributed by atoms with Gasteiger partial charge in [-0.2, -0.15) is 0 Å². The zero-order chi connectivity index (χ0) is 30.6. The summed E-state index contributed by atoms with van der Waals surface area (Å²) in [4.78, 5) is 49.9. The molecule has 0 bridgehead atoms. The number of carboxylic acids is 1. The lowest BCUT2D eigenvalue weighted by Gasteiger charge is -2.40. The van der Waals surface area contributed by atoms with E-state index in [0.717, 1.165) is 0 Å². The van der Waals surface area contributed by atoms with Crippen molar-refractivity contribution in [3.63, 3.8) is 0 Å². The highest BCUT2D eigenvalue weighted by atomic mass is 32.1. The van der Waals surface area contributed by atoms with Crippen LogP contribution in [0.5, 0.6) is 0 Å². The summed E-state index contributed by atoms with van der Waals surface area (Å²) in [6.45, 7) is 2.41. The Bertz CT molecular complexity index is 1520. The molecule has 2 saturated heterocycles. The van der Waals surface area contributed by atoms with Crippen LogP contribution >= 0.6 is 11.3 Å². The van der Waals surface area contributed by atoms with Crippen LogP contribution in [0.25, 0.3) is 0 Å². The van der Waals surface area contributed by atoms with E-state index in [2.05, 4.69) is 10.3 Å². The van der Waals surface area contributed by atoms with Gasteiger partial charge in [0.1, 0.15) is 17.8 Å². The predicted octanol–water partition coefficient (Wildman–Crippen LogP) is 3.14. The molecule has 228 valence electrons. The van der Waals surface area contributed by atoms with E-state index in [1.807, 2.05) is 0 Å². The number of rotatable bonds is 8. The maximum atomic E-state index is 15.4. The van der Waals surface area contributed by atoms with Gasteiger partial charge in [0.05, 0.1) is 24.6 Å². The summed E-state index contributed by atoms with van der Waals surface area (Å²) >= 11 is 1.28. The molecule has 10 nitrogen and oxygen atoms in total. The van der Waals surface area contributed by atoms with Crippen LogP contribution in [-0.2, 0) is 19.1 Å². The molecule has 1 aromatic heterocycles. The van der Waals surface area contributed by atoms with Gasteiger partial charge in [-0.05, 0) is 43.9 Å². The summed E-state index contributed by atoms with van der Waals surface area (Å²) in [6, 6.07) is 2.21. The van der Waals surface area contributed by atoms with Crippen LogP contribution in [-0.4, -0.2) is 87.8 Å². The summed E-state index contributed by atoms with van der Waals surface area (Å²) in [5.41, 5.74) is 1.01. The molecule has 0 spiro atoms. The summed E-state index contributed by atoms with van der Waals surface area (Å²) in [6.07, 6.45) is 2.04. The number of aliphatic imine (C=N–C) groups is 1. The second-order valence-corrected chi connectivity index (χ2v) is 12.2. The Hall–Kier alpha value is -3.78. The highest BCUT2D eigenvalue weighted by molar-refractivity contribution is 7.11. The molecule has 4 aliphatic rings. The molecule has 6 rings (SSSR count). The summed E-state index contributed by atoms with van der Waals surface area (Å²) in [5, 5.41) is 14.6. The fourth-order valence-corrected chi connectivity index (χ4v) is 7.12. The Kier molecular flexibility index (Phi) is 7.53. The van der Waals surface area contributed by atoms with Crippen LogP contribution in [0.4, 0.5) is 13.2 Å². The number of esters is 1. The van der Waals surface area contributed by atoms with Gasteiger partial charge in [0.25, 0.3) is 5.92 Å². The Balaban J connectivity index is 1.37. The van der Waals surface area contributed by atoms with Crippen LogP contribution < -0.4 is 5.32 Å². The van der Waals surface area contributed by atoms with Crippen molar-refractivity contribution in [1.82, 2.24) is 20.1 Å². The number of benzene rings is 1. The number of halogens is 3. The first-order valence-electron chi connectivity index (χ1n) is 14.0. The molecule has 1 aliphatic carbocycles. The van der Waals surface area contributed by atoms with Gasteiger partial charge in [0, 0.05) is 42.4 Å². The number of alkyl halides is 2. The van der Waals surface area contributed by atoms with E-state index < -0.39 is 66.1 Å². The molecule has 1 amide bonds. The van der Waals surface area contributed by atoms with Gasteiger partial charge in [-0.15, -0.1) is 11.3 Å². The number of amides is 1. The van der Waals surface area contributed by atoms with E-state index in [9.17, 15) is 23.9 Å². The zero-order valence-electron chi connectivity index (χ0n) is 23.4. The summed E-state index contributed by atoms with van der Waals surface area (Å²) in [7, 11) is 0. The molecule has 1 aromatic carbocycles. The van der Waals surface area contributed by atoms with Crippen LogP contribution in [0.3, 0.4) is 0 Å². The quantitative estimate of drug-likeness (QED) is 0.433. The average Bonchev–Trinajstić information content (AvgIpc) is 3.63. The number of likely N-dealkylation sites (tertiary alicyclic amines) is 2. The number of amidine groups is 1. The van der Waals surface area contributed by atoms with Crippen LogP contribution in [0, 0.1) is 24.6 Å². The van der Waals surface area contributed by atoms with Gasteiger partial charge in [-0.3, -0.25) is 19.5 Å². The second kappa shape index (κ2) is 11.1. The van der Waals surface area contributed by atoms with Crippen molar-refractivity contribution in [2.45, 2.75) is 50.7 Å². The van der Waals surface area contributed by atoms with Crippen molar-refractivity contribution in [2.24, 2.45) is 16.8 Å². The molecule has 2 aromatic rings. The second-order valence-electron chi connectivity index (χ2n) is 11.3. The molecule has 3 aliphatic heterocycles. The topological polar surface area (TPSA) is 124 Å². The number of nitrogens with zero attached hydrogens (tertiary/aromatic N) is 4. The first-order valence-corrected chi connectivity index (χ1v) is 14.9. The first-order chi connectivity index (χ1) is 20.5. The van der Waals surface area contributed by atoms with Gasteiger partial charge in [0.2, 0.25) is 5.91 Å². The van der Waals surface area contributed by atoms with Gasteiger partial charge in [0.15, 0.2) is 10.8 Å². The van der Waals surface area contributed by atoms with Crippen molar-refractivity contribution in [3.05, 3.63) is 63.0 Å². The van der Waals surface area contributed by atoms with E-state index >= 15 is 8.78 Å². The molecule has 0 unspecified atom stereocenters. The van der Waals surface area contributed by atoms with E-state index in [4.69, 9.17) is 9.73 Å². The number of thiazole rings is 1. The lowest BCUT2D eigenvalue weighted by molar-refractivity contribution is -0.153. The molecule has 4 heterocycles. The Morgan fingerprint density at radius 1 is 1.28 bits per heavy atom. The fraction of sp³-hybridized carbons (Fsp3) is 0.483. The number of carbonyl (C=O) groups is 3. The van der Waals surface area contributed by atoms with Crippen LogP contribution in [0.1, 0.15) is 41.9 Å². The predicted molar refractivity (Wildman–Crippen MR) is 149 cm³/mol. The summed E-state index contributed by atoms with van der Waals surface area (Å²) in [5.74, 6) is -8.06. The normalized spacial score (nSPS) is 28.3. The minimum Gasteiger partial charge on any atom is -0.481 e. The molecule has 1 saturated carbocycles. The van der Waals surface area contributed by atoms with Crippen molar-refractivity contribution in [2.75, 3.05) is 26.2 Å². The van der Waals surface area contributed by atoms with E-state index in [0.29, 0.717) is 16.4 Å². The maximum absolute atomic E-state index is 15.4. The number of hydrogen-bond acceptors (Lipinski definition) is 9. The number of carbonyl (C=O) groups excluding carboxylic acids is 2. The Morgan fingerprint density at radius 2 is 2.05 bits per heavy atom. The van der Waals surface area contributed by atoms with Gasteiger partial charge < -0.3 is 20.1 Å². The highest BCUT2D eigenvalue weighted by Gasteiger charge is 2.64. The molecule has 3 fully saturated rings. The van der Waals surface area contributed by atoms with E-state index in [1.54, 1.807) is 31.5 Å². The molecule has 14 heteroatoms. The smallest absolute Gasteiger partial charge is 0.338 e. The molecular formula is C29H30F3N5O5S. The fourth-order valence-electron chi connectivity index (χ4n) is 6.53. The van der Waals surface area contributed by atoms with Crippen molar-refractivity contribution < 1.29 is 37.4 Å². The Morgan fingerprint density at radius 3 is 2.72 bits per heavy atom. The standard InChI is InChI=1S/C29H30F3N5O5S/c1-3-42-28(41)21-19(34-24(25-33-7-8-43-25)35-23(21)17-5-4-6-18(30)14(17)2)11-36-13-29(31,32)22-20(36)12-37(26(22)38)16-9-15(10-16)27(39)40/h4-8,15-16,20,22-23H,3,9-13H2,1-2H3,(H,34,35)(H,39,40)/t15?,16?,20-,22-,23-/m0/s1. The van der Waals surface area contributed by atoms with Gasteiger partial charge >= 0.3 is 11.9 Å². The molecule has 0 radical (unpaired) electrons. The van der Waals surface area contributed by atoms with Crippen molar-refractivity contribution in [3.8, 4) is 0 Å². The van der Waals surface area contributed by atoms with Crippen LogP contribution in [0.2, 0.25) is 0 Å². The average molecular weight is 618 g/mol. The SMILES string of the molecule is CCOC(=O)C1=C(CN2CC(F)(F)[C@@H]3C(=O)N(C4CC(C(=O)O)C4)C[C@@H]32)NC(c2nccs2)=N[C@H]1c1cccc(F)c1C. The minimum atomic E-state index is -3.34. The largest absolute Gasteiger partial charge is 0.481 e. The number of ether oxygens (including phenoxy) is 1. The van der Waals surface area contributed by atoms with Gasteiger partial charge in [-0.1, -0.05) is 12.1 Å². The third-order valence-corrected chi connectivity index (χ3v) is 9.56. The number of hydrogen-bond donors (Lipinski definition) is 2. The number of fused-ring (bicyclic) bond motifs is 1. The number of nitrogens with one attached hydrogen (secondary N) is 1. The monoisotopic (exact) mass is 617 g/mol. The first kappa shape index (κ1) is 29.3. The molecule has 2 N–H and O–H groups in total.